The summed E-state index contributed by atoms with van der Waals surface area (Å²) < 4.78 is 51.1. The van der Waals surface area contributed by atoms with Gasteiger partial charge in [-0.3, -0.25) is 9.59 Å². The Hall–Kier alpha value is -2.32. The molecule has 1 unspecified atom stereocenters. The number of nitrogens with one attached hydrogen (secondary N) is 1. The number of alkyl halides is 3. The van der Waals surface area contributed by atoms with Crippen LogP contribution >= 0.6 is 0 Å². The number of hydrogen-bond acceptors (Lipinski definition) is 3. The van der Waals surface area contributed by atoms with Gasteiger partial charge >= 0.3 is 6.18 Å². The maximum atomic E-state index is 13.3. The number of halogens is 4. The number of carbonyl (C=O) groups is 2. The number of nitrogens with zero attached hydrogens (tertiary/aromatic N) is 1. The highest BCUT2D eigenvalue weighted by molar-refractivity contribution is 5.89. The van der Waals surface area contributed by atoms with E-state index in [1.165, 1.54) is 37.0 Å². The number of hydrogen-bond donors (Lipinski definition) is 2. The summed E-state index contributed by atoms with van der Waals surface area (Å²) in [5.41, 5.74) is 3.88. The number of primary amides is 1. The minimum atomic E-state index is -4.69. The molecule has 1 atom stereocenters. The zero-order chi connectivity index (χ0) is 24.7. The standard InChI is InChI=1S/C14H15F4N3O2.C7H16.C2H6/c15-9-4-8(14(16,17)18)5-10(6-9)20-7-12(22)21-3-1-2-11(21)13(19)23;1-3-5-7-6-4-2;1-2/h4-6,11,20H,1-3,7H2,(H2,19,23);3-7H2,1-2H3;1-2H3. The van der Waals surface area contributed by atoms with Gasteiger partial charge < -0.3 is 16.0 Å². The first-order chi connectivity index (χ1) is 15.1. The van der Waals surface area contributed by atoms with Crippen LogP contribution < -0.4 is 11.1 Å². The molecule has 32 heavy (non-hydrogen) atoms. The second kappa shape index (κ2) is 15.5. The highest BCUT2D eigenvalue weighted by Gasteiger charge is 2.33. The van der Waals surface area contributed by atoms with Crippen molar-refractivity contribution in [3.63, 3.8) is 0 Å². The summed E-state index contributed by atoms with van der Waals surface area (Å²) in [7, 11) is 0. The molecular formula is C23H37F4N3O2. The van der Waals surface area contributed by atoms with Gasteiger partial charge in [0.15, 0.2) is 0 Å². The van der Waals surface area contributed by atoms with E-state index in [1.54, 1.807) is 0 Å². The largest absolute Gasteiger partial charge is 0.416 e. The molecule has 5 nitrogen and oxygen atoms in total. The third kappa shape index (κ3) is 10.8. The highest BCUT2D eigenvalue weighted by Crippen LogP contribution is 2.31. The van der Waals surface area contributed by atoms with Crippen molar-refractivity contribution in [2.45, 2.75) is 84.9 Å². The highest BCUT2D eigenvalue weighted by atomic mass is 19.4. The van der Waals surface area contributed by atoms with Gasteiger partial charge in [-0.05, 0) is 31.0 Å². The fraction of sp³-hybridized carbons (Fsp3) is 0.652. The van der Waals surface area contributed by atoms with E-state index in [0.29, 0.717) is 31.5 Å². The van der Waals surface area contributed by atoms with Crippen LogP contribution in [0.1, 0.15) is 78.2 Å². The summed E-state index contributed by atoms with van der Waals surface area (Å²) in [5, 5.41) is 2.45. The van der Waals surface area contributed by atoms with Gasteiger partial charge in [-0.1, -0.05) is 59.8 Å². The Morgan fingerprint density at radius 2 is 1.69 bits per heavy atom. The summed E-state index contributed by atoms with van der Waals surface area (Å²) in [4.78, 5) is 24.5. The molecule has 0 spiro atoms. The Morgan fingerprint density at radius 1 is 1.09 bits per heavy atom. The molecule has 1 aliphatic heterocycles. The van der Waals surface area contributed by atoms with Crippen molar-refractivity contribution in [3.05, 3.63) is 29.6 Å². The Labute approximate surface area is 188 Å². The van der Waals surface area contributed by atoms with E-state index < -0.39 is 35.4 Å². The van der Waals surface area contributed by atoms with Gasteiger partial charge in [0.25, 0.3) is 0 Å². The van der Waals surface area contributed by atoms with Crippen LogP contribution in [0, 0.1) is 5.82 Å². The molecule has 1 saturated heterocycles. The lowest BCUT2D eigenvalue weighted by Gasteiger charge is -2.22. The number of unbranched alkanes of at least 4 members (excludes halogenated alkanes) is 4. The number of rotatable bonds is 8. The summed E-state index contributed by atoms with van der Waals surface area (Å²) in [5.74, 6) is -2.17. The molecular weight excluding hydrogens is 426 g/mol. The smallest absolute Gasteiger partial charge is 0.376 e. The molecule has 0 radical (unpaired) electrons. The molecule has 1 heterocycles. The van der Waals surface area contributed by atoms with Crippen molar-refractivity contribution >= 4 is 17.5 Å². The van der Waals surface area contributed by atoms with Crippen molar-refractivity contribution < 1.29 is 27.2 Å². The molecule has 1 aliphatic rings. The molecule has 0 aliphatic carbocycles. The van der Waals surface area contributed by atoms with Crippen molar-refractivity contribution in [3.8, 4) is 0 Å². The van der Waals surface area contributed by atoms with E-state index in [1.807, 2.05) is 13.8 Å². The van der Waals surface area contributed by atoms with Crippen LogP contribution in [0.4, 0.5) is 23.2 Å². The maximum Gasteiger partial charge on any atom is 0.416 e. The number of amides is 2. The van der Waals surface area contributed by atoms with Gasteiger partial charge in [-0.15, -0.1) is 0 Å². The molecule has 1 fully saturated rings. The van der Waals surface area contributed by atoms with E-state index in [4.69, 9.17) is 5.73 Å². The third-order valence-corrected chi connectivity index (χ3v) is 4.78. The lowest BCUT2D eigenvalue weighted by Crippen LogP contribution is -2.45. The number of anilines is 1. The molecule has 0 saturated carbocycles. The van der Waals surface area contributed by atoms with E-state index in [9.17, 15) is 27.2 Å². The van der Waals surface area contributed by atoms with Gasteiger partial charge in [0.2, 0.25) is 11.8 Å². The van der Waals surface area contributed by atoms with Crippen molar-refractivity contribution in [1.82, 2.24) is 4.90 Å². The van der Waals surface area contributed by atoms with Crippen LogP contribution in [0.25, 0.3) is 0 Å². The second-order valence-corrected chi connectivity index (χ2v) is 7.29. The summed E-state index contributed by atoms with van der Waals surface area (Å²) >= 11 is 0. The Kier molecular flexibility index (Phi) is 14.4. The first kappa shape index (κ1) is 29.7. The lowest BCUT2D eigenvalue weighted by molar-refractivity contribution is -0.137. The zero-order valence-electron chi connectivity index (χ0n) is 19.5. The Balaban J connectivity index is 0.000000911. The molecule has 184 valence electrons. The predicted octanol–water partition coefficient (Wildman–Crippen LogP) is 5.74. The fourth-order valence-electron chi connectivity index (χ4n) is 3.17. The molecule has 3 N–H and O–H groups in total. The van der Waals surface area contributed by atoms with Crippen LogP contribution in [0.5, 0.6) is 0 Å². The van der Waals surface area contributed by atoms with Crippen LogP contribution in [-0.4, -0.2) is 35.8 Å². The number of nitrogens with two attached hydrogens (primary N) is 1. The van der Waals surface area contributed by atoms with E-state index in [-0.39, 0.29) is 12.2 Å². The van der Waals surface area contributed by atoms with Gasteiger partial charge in [-0.25, -0.2) is 4.39 Å². The van der Waals surface area contributed by atoms with E-state index in [2.05, 4.69) is 19.2 Å². The minimum Gasteiger partial charge on any atom is -0.376 e. The average molecular weight is 464 g/mol. The third-order valence-electron chi connectivity index (χ3n) is 4.78. The van der Waals surface area contributed by atoms with Crippen LogP contribution in [0.3, 0.4) is 0 Å². The topological polar surface area (TPSA) is 75.4 Å². The van der Waals surface area contributed by atoms with Crippen molar-refractivity contribution in [1.29, 1.82) is 0 Å². The Bertz CT molecular complexity index is 692. The first-order valence-electron chi connectivity index (χ1n) is 11.3. The first-order valence-corrected chi connectivity index (χ1v) is 11.3. The number of benzene rings is 1. The van der Waals surface area contributed by atoms with Gasteiger partial charge in [0, 0.05) is 12.2 Å². The number of carbonyl (C=O) groups excluding carboxylic acids is 2. The molecule has 2 rings (SSSR count). The van der Waals surface area contributed by atoms with E-state index in [0.717, 1.165) is 6.07 Å². The average Bonchev–Trinajstić information content (AvgIpc) is 3.24. The van der Waals surface area contributed by atoms with Crippen LogP contribution in [0.2, 0.25) is 0 Å². The molecule has 1 aromatic carbocycles. The molecule has 1 aromatic rings. The SMILES string of the molecule is CC.CCCCCCC.NC(=O)C1CCCN1C(=O)CNc1cc(F)cc(C(F)(F)F)c1. The summed E-state index contributed by atoms with van der Waals surface area (Å²) in [6.07, 6.45) is 3.40. The van der Waals surface area contributed by atoms with Crippen molar-refractivity contribution in [2.75, 3.05) is 18.4 Å². The van der Waals surface area contributed by atoms with Gasteiger partial charge in [0.05, 0.1) is 12.1 Å². The van der Waals surface area contributed by atoms with E-state index >= 15 is 0 Å². The molecule has 2 amide bonds. The molecule has 0 aromatic heterocycles. The maximum absolute atomic E-state index is 13.3. The van der Waals surface area contributed by atoms with Crippen molar-refractivity contribution in [2.24, 2.45) is 5.73 Å². The normalized spacial score (nSPS) is 15.2. The lowest BCUT2D eigenvalue weighted by atomic mass is 10.2. The van der Waals surface area contributed by atoms with Gasteiger partial charge in [0.1, 0.15) is 11.9 Å². The fourth-order valence-corrected chi connectivity index (χ4v) is 3.17. The van der Waals surface area contributed by atoms with Crippen LogP contribution in [0.15, 0.2) is 18.2 Å². The Morgan fingerprint density at radius 3 is 2.19 bits per heavy atom. The van der Waals surface area contributed by atoms with Gasteiger partial charge in [-0.2, -0.15) is 13.2 Å². The number of likely N-dealkylation sites (tertiary alicyclic amines) is 1. The predicted molar refractivity (Wildman–Crippen MR) is 120 cm³/mol. The minimum absolute atomic E-state index is 0.166. The van der Waals surface area contributed by atoms with Crippen LogP contribution in [-0.2, 0) is 15.8 Å². The molecule has 0 bridgehead atoms. The molecule has 9 heteroatoms. The quantitative estimate of drug-likeness (QED) is 0.382. The summed E-state index contributed by atoms with van der Waals surface area (Å²) in [6.45, 7) is 8.49. The second-order valence-electron chi connectivity index (χ2n) is 7.29. The monoisotopic (exact) mass is 463 g/mol. The zero-order valence-corrected chi connectivity index (χ0v) is 19.5. The summed E-state index contributed by atoms with van der Waals surface area (Å²) in [6, 6.07) is 1.24.